The maximum Gasteiger partial charge on any atom is 0.0813 e. The van der Waals surface area contributed by atoms with Crippen LogP contribution in [0.2, 0.25) is 0 Å². The third-order valence-electron chi connectivity index (χ3n) is 6.04. The van der Waals surface area contributed by atoms with Crippen molar-refractivity contribution >= 4 is 5.69 Å². The average molecular weight is 354 g/mol. The van der Waals surface area contributed by atoms with Crippen LogP contribution in [-0.4, -0.2) is 4.98 Å². The highest BCUT2D eigenvalue weighted by Gasteiger charge is 2.37. The van der Waals surface area contributed by atoms with Gasteiger partial charge in [0.1, 0.15) is 0 Å². The van der Waals surface area contributed by atoms with Crippen LogP contribution in [0.15, 0.2) is 89.6 Å². The molecule has 2 heterocycles. The third kappa shape index (κ3) is 2.87. The van der Waals surface area contributed by atoms with Gasteiger partial charge in [0.05, 0.1) is 17.6 Å². The highest BCUT2D eigenvalue weighted by atomic mass is 15.5. The van der Waals surface area contributed by atoms with Gasteiger partial charge in [-0.15, -0.1) is 0 Å². The summed E-state index contributed by atoms with van der Waals surface area (Å²) < 4.78 is 0. The zero-order valence-electron chi connectivity index (χ0n) is 15.6. The molecule has 1 aromatic carbocycles. The summed E-state index contributed by atoms with van der Waals surface area (Å²) in [7, 11) is 0. The van der Waals surface area contributed by atoms with Crippen LogP contribution in [-0.2, 0) is 0 Å². The van der Waals surface area contributed by atoms with E-state index in [2.05, 4.69) is 77.4 Å². The summed E-state index contributed by atoms with van der Waals surface area (Å²) >= 11 is 0. The number of pyridine rings is 1. The van der Waals surface area contributed by atoms with Gasteiger partial charge in [0.15, 0.2) is 0 Å². The minimum absolute atomic E-state index is 0.464. The Morgan fingerprint density at radius 1 is 1.19 bits per heavy atom. The molecular weight excluding hydrogens is 330 g/mol. The van der Waals surface area contributed by atoms with Crippen molar-refractivity contribution in [1.82, 2.24) is 10.4 Å². The van der Waals surface area contributed by atoms with Crippen molar-refractivity contribution in [2.75, 3.05) is 5.01 Å². The Bertz CT molecular complexity index is 925. The van der Waals surface area contributed by atoms with E-state index in [4.69, 9.17) is 0 Å². The van der Waals surface area contributed by atoms with Crippen molar-refractivity contribution in [3.63, 3.8) is 0 Å². The Morgan fingerprint density at radius 3 is 2.89 bits per heavy atom. The zero-order chi connectivity index (χ0) is 18.2. The fourth-order valence-electron chi connectivity index (χ4n) is 4.72. The molecule has 0 saturated heterocycles. The molecule has 0 amide bonds. The lowest BCUT2D eigenvalue weighted by molar-refractivity contribution is 0.552. The lowest BCUT2D eigenvalue weighted by atomic mass is 9.79. The van der Waals surface area contributed by atoms with Gasteiger partial charge in [0.25, 0.3) is 0 Å². The first-order chi connectivity index (χ1) is 13.3. The number of allylic oxidation sites excluding steroid dienone is 4. The Hall–Kier alpha value is -2.81. The van der Waals surface area contributed by atoms with E-state index in [0.717, 1.165) is 12.1 Å². The van der Waals surface area contributed by atoms with E-state index in [-0.39, 0.29) is 0 Å². The van der Waals surface area contributed by atoms with E-state index >= 15 is 0 Å². The van der Waals surface area contributed by atoms with E-state index < -0.39 is 0 Å². The van der Waals surface area contributed by atoms with Gasteiger partial charge in [0.2, 0.25) is 0 Å². The second-order valence-corrected chi connectivity index (χ2v) is 7.59. The van der Waals surface area contributed by atoms with E-state index in [1.807, 2.05) is 18.5 Å². The average Bonchev–Trinajstić information content (AvgIpc) is 3.33. The number of nitrogens with one attached hydrogen (secondary N) is 1. The van der Waals surface area contributed by atoms with Crippen molar-refractivity contribution in [1.29, 1.82) is 0 Å². The van der Waals surface area contributed by atoms with Gasteiger partial charge in [-0.3, -0.25) is 9.99 Å². The monoisotopic (exact) mass is 354 g/mol. The van der Waals surface area contributed by atoms with Crippen LogP contribution >= 0.6 is 0 Å². The second kappa shape index (κ2) is 6.73. The molecule has 3 nitrogen and oxygen atoms in total. The summed E-state index contributed by atoms with van der Waals surface area (Å²) in [6.45, 7) is 2.36. The minimum atomic E-state index is 0.464. The molecule has 0 fully saturated rings. The molecule has 3 heteroatoms. The van der Waals surface area contributed by atoms with Crippen LogP contribution < -0.4 is 10.4 Å². The van der Waals surface area contributed by atoms with Gasteiger partial charge >= 0.3 is 0 Å². The van der Waals surface area contributed by atoms with Crippen molar-refractivity contribution in [2.45, 2.75) is 26.2 Å². The summed E-state index contributed by atoms with van der Waals surface area (Å²) in [6, 6.07) is 14.8. The molecule has 2 aromatic rings. The number of aromatic nitrogens is 1. The molecule has 0 saturated carbocycles. The first kappa shape index (κ1) is 16.4. The van der Waals surface area contributed by atoms with Crippen LogP contribution in [0.1, 0.15) is 31.7 Å². The van der Waals surface area contributed by atoms with E-state index in [1.54, 1.807) is 11.1 Å². The van der Waals surface area contributed by atoms with E-state index in [0.29, 0.717) is 11.8 Å². The number of hydrazine groups is 1. The van der Waals surface area contributed by atoms with Crippen LogP contribution in [0, 0.1) is 18.3 Å². The summed E-state index contributed by atoms with van der Waals surface area (Å²) in [5.74, 6) is 1.12. The molecule has 0 unspecified atom stereocenters. The molecule has 0 spiro atoms. The van der Waals surface area contributed by atoms with Crippen LogP contribution in [0.5, 0.6) is 0 Å². The van der Waals surface area contributed by atoms with Gasteiger partial charge in [-0.2, -0.15) is 0 Å². The summed E-state index contributed by atoms with van der Waals surface area (Å²) in [5.41, 5.74) is 11.7. The van der Waals surface area contributed by atoms with Crippen LogP contribution in [0.3, 0.4) is 0 Å². The fraction of sp³-hybridized carbons (Fsp3) is 0.250. The summed E-state index contributed by atoms with van der Waals surface area (Å²) in [5, 5.41) is 2.16. The normalized spacial score (nSPS) is 23.5. The molecule has 1 radical (unpaired) electrons. The number of rotatable bonds is 4. The quantitative estimate of drug-likeness (QED) is 0.821. The highest BCUT2D eigenvalue weighted by Crippen LogP contribution is 2.48. The molecule has 135 valence electrons. The topological polar surface area (TPSA) is 28.2 Å². The van der Waals surface area contributed by atoms with Crippen LogP contribution in [0.4, 0.5) is 5.69 Å². The number of hydrogen-bond donors (Lipinski definition) is 1. The Balaban J connectivity index is 1.40. The van der Waals surface area contributed by atoms with Crippen molar-refractivity contribution in [2.24, 2.45) is 11.8 Å². The minimum Gasteiger partial charge on any atom is -0.301 e. The Morgan fingerprint density at radius 2 is 2.07 bits per heavy atom. The molecule has 3 aliphatic rings. The Kier molecular flexibility index (Phi) is 4.08. The SMILES string of the molecule is C[C@H]1C2=CNN(c3cccnc3)C2=CC2=C1[C@H](C[CH]c1ccccc1)CC2. The standard InChI is InChI=1S/C24H24N3/c1-17-22-16-26-27(21-8-5-13-25-15-21)23(22)14-20-12-11-19(24(17)20)10-9-18-6-3-2-4-7-18/h2-9,13-17,19,26H,10-12H2,1H3/t17-,19+/m0/s1. The van der Waals surface area contributed by atoms with Gasteiger partial charge < -0.3 is 5.43 Å². The van der Waals surface area contributed by atoms with E-state index in [1.165, 1.54) is 29.7 Å². The van der Waals surface area contributed by atoms with Crippen molar-refractivity contribution in [3.8, 4) is 0 Å². The lowest BCUT2D eigenvalue weighted by Crippen LogP contribution is -2.30. The zero-order valence-corrected chi connectivity index (χ0v) is 15.6. The molecule has 0 bridgehead atoms. The largest absolute Gasteiger partial charge is 0.301 e. The maximum absolute atomic E-state index is 4.27. The second-order valence-electron chi connectivity index (χ2n) is 7.59. The first-order valence-electron chi connectivity index (χ1n) is 9.81. The van der Waals surface area contributed by atoms with E-state index in [9.17, 15) is 0 Å². The molecule has 2 aliphatic carbocycles. The van der Waals surface area contributed by atoms with Gasteiger partial charge in [-0.05, 0) is 60.9 Å². The molecule has 1 aromatic heterocycles. The first-order valence-corrected chi connectivity index (χ1v) is 9.81. The predicted molar refractivity (Wildman–Crippen MR) is 109 cm³/mol. The van der Waals surface area contributed by atoms with Crippen molar-refractivity contribution < 1.29 is 0 Å². The smallest absolute Gasteiger partial charge is 0.0813 e. The number of hydrogen-bond acceptors (Lipinski definition) is 3. The van der Waals surface area contributed by atoms with Crippen LogP contribution in [0.25, 0.3) is 0 Å². The number of fused-ring (bicyclic) bond motifs is 1. The van der Waals surface area contributed by atoms with Gasteiger partial charge in [-0.1, -0.05) is 42.8 Å². The fourth-order valence-corrected chi connectivity index (χ4v) is 4.72. The molecule has 2 atom stereocenters. The van der Waals surface area contributed by atoms with Crippen molar-refractivity contribution in [3.05, 3.63) is 102 Å². The molecule has 5 rings (SSSR count). The highest BCUT2D eigenvalue weighted by molar-refractivity contribution is 5.64. The number of benzene rings is 1. The molecule has 27 heavy (non-hydrogen) atoms. The van der Waals surface area contributed by atoms with Gasteiger partial charge in [0, 0.05) is 23.9 Å². The molecule has 1 aliphatic heterocycles. The maximum atomic E-state index is 4.27. The Labute approximate surface area is 161 Å². The summed E-state index contributed by atoms with van der Waals surface area (Å²) in [4.78, 5) is 4.27. The third-order valence-corrected chi connectivity index (χ3v) is 6.04. The number of anilines is 1. The molecule has 1 N–H and O–H groups in total. The predicted octanol–water partition coefficient (Wildman–Crippen LogP) is 5.17. The molecular formula is C24H24N3. The number of nitrogens with zero attached hydrogens (tertiary/aromatic N) is 2. The van der Waals surface area contributed by atoms with Gasteiger partial charge in [-0.25, -0.2) is 0 Å². The summed E-state index contributed by atoms with van der Waals surface area (Å²) in [6.07, 6.45) is 14.3. The lowest BCUT2D eigenvalue weighted by Gasteiger charge is -2.29.